The van der Waals surface area contributed by atoms with Gasteiger partial charge in [-0.2, -0.15) is 0 Å². The van der Waals surface area contributed by atoms with Crippen molar-refractivity contribution in [1.29, 1.82) is 0 Å². The molecule has 0 saturated carbocycles. The number of aromatic nitrogens is 2. The van der Waals surface area contributed by atoms with Gasteiger partial charge >= 0.3 is 0 Å². The zero-order valence-corrected chi connectivity index (χ0v) is 10.6. The van der Waals surface area contributed by atoms with Crippen LogP contribution >= 0.6 is 0 Å². The van der Waals surface area contributed by atoms with Crippen LogP contribution in [-0.4, -0.2) is 15.1 Å². The highest BCUT2D eigenvalue weighted by molar-refractivity contribution is 5.02. The van der Waals surface area contributed by atoms with Crippen LogP contribution in [0.25, 0.3) is 0 Å². The number of nitrogens with zero attached hydrogens (tertiary/aromatic N) is 2. The standard InChI is InChI=1S/C13H21N3/c1-6-7-11(2)16-10-14-8-12(16)9-15-13(3,4)5/h1,8,10-11,15H,7,9H2,2-5H3. The molecule has 0 aliphatic heterocycles. The molecule has 1 N–H and O–H groups in total. The number of terminal acetylenes is 1. The smallest absolute Gasteiger partial charge is 0.0951 e. The Bertz CT molecular complexity index is 365. The van der Waals surface area contributed by atoms with E-state index >= 15 is 0 Å². The Labute approximate surface area is 98.3 Å². The first-order chi connectivity index (χ1) is 7.44. The van der Waals surface area contributed by atoms with E-state index < -0.39 is 0 Å². The molecule has 1 aromatic rings. The van der Waals surface area contributed by atoms with Gasteiger partial charge in [0.15, 0.2) is 0 Å². The quantitative estimate of drug-likeness (QED) is 0.788. The summed E-state index contributed by atoms with van der Waals surface area (Å²) >= 11 is 0. The van der Waals surface area contributed by atoms with E-state index in [1.54, 1.807) is 0 Å². The maximum Gasteiger partial charge on any atom is 0.0951 e. The molecule has 0 bridgehead atoms. The summed E-state index contributed by atoms with van der Waals surface area (Å²) in [6.07, 6.45) is 9.81. The Kier molecular flexibility index (Phi) is 4.14. The molecule has 1 heterocycles. The number of rotatable bonds is 4. The highest BCUT2D eigenvalue weighted by Gasteiger charge is 2.12. The van der Waals surface area contributed by atoms with Gasteiger partial charge < -0.3 is 9.88 Å². The summed E-state index contributed by atoms with van der Waals surface area (Å²) in [4.78, 5) is 4.18. The van der Waals surface area contributed by atoms with Crippen LogP contribution in [0.15, 0.2) is 12.5 Å². The Balaban J connectivity index is 2.68. The Morgan fingerprint density at radius 3 is 2.81 bits per heavy atom. The third-order valence-electron chi connectivity index (χ3n) is 2.43. The van der Waals surface area contributed by atoms with Crippen LogP contribution in [0.3, 0.4) is 0 Å². The fourth-order valence-corrected chi connectivity index (χ4v) is 1.49. The van der Waals surface area contributed by atoms with Crippen LogP contribution in [-0.2, 0) is 6.54 Å². The summed E-state index contributed by atoms with van der Waals surface area (Å²) in [7, 11) is 0. The van der Waals surface area contributed by atoms with Crippen LogP contribution in [0, 0.1) is 12.3 Å². The first-order valence-electron chi connectivity index (χ1n) is 5.63. The molecule has 1 atom stereocenters. The molecule has 3 heteroatoms. The van der Waals surface area contributed by atoms with E-state index in [0.29, 0.717) is 6.04 Å². The molecule has 0 aliphatic carbocycles. The molecule has 0 amide bonds. The lowest BCUT2D eigenvalue weighted by Crippen LogP contribution is -2.35. The number of imidazole rings is 1. The lowest BCUT2D eigenvalue weighted by atomic mass is 10.1. The van der Waals surface area contributed by atoms with E-state index in [1.807, 2.05) is 12.5 Å². The molecule has 1 unspecified atom stereocenters. The van der Waals surface area contributed by atoms with E-state index in [1.165, 1.54) is 5.69 Å². The summed E-state index contributed by atoms with van der Waals surface area (Å²) in [6, 6.07) is 0.310. The summed E-state index contributed by atoms with van der Waals surface area (Å²) in [5.74, 6) is 2.69. The van der Waals surface area contributed by atoms with Crippen molar-refractivity contribution in [2.24, 2.45) is 0 Å². The monoisotopic (exact) mass is 219 g/mol. The number of nitrogens with one attached hydrogen (secondary N) is 1. The molecule has 0 aliphatic rings. The molecule has 16 heavy (non-hydrogen) atoms. The molecule has 88 valence electrons. The minimum Gasteiger partial charge on any atom is -0.330 e. The largest absolute Gasteiger partial charge is 0.330 e. The summed E-state index contributed by atoms with van der Waals surface area (Å²) in [5.41, 5.74) is 1.29. The van der Waals surface area contributed by atoms with Crippen molar-refractivity contribution in [3.8, 4) is 12.3 Å². The molecule has 3 nitrogen and oxygen atoms in total. The lowest BCUT2D eigenvalue weighted by Gasteiger charge is -2.22. The third kappa shape index (κ3) is 3.71. The van der Waals surface area contributed by atoms with Gasteiger partial charge in [-0.1, -0.05) is 0 Å². The predicted octanol–water partition coefficient (Wildman–Crippen LogP) is 2.36. The van der Waals surface area contributed by atoms with Gasteiger partial charge in [0.25, 0.3) is 0 Å². The Morgan fingerprint density at radius 2 is 2.25 bits per heavy atom. The highest BCUT2D eigenvalue weighted by Crippen LogP contribution is 2.13. The van der Waals surface area contributed by atoms with E-state index in [4.69, 9.17) is 6.42 Å². The lowest BCUT2D eigenvalue weighted by molar-refractivity contribution is 0.409. The van der Waals surface area contributed by atoms with Gasteiger partial charge in [0.05, 0.1) is 12.0 Å². The summed E-state index contributed by atoms with van der Waals surface area (Å²) in [6.45, 7) is 9.39. The second-order valence-corrected chi connectivity index (χ2v) is 5.15. The second-order valence-electron chi connectivity index (χ2n) is 5.15. The molecule has 1 rings (SSSR count). The maximum atomic E-state index is 5.33. The third-order valence-corrected chi connectivity index (χ3v) is 2.43. The topological polar surface area (TPSA) is 29.9 Å². The predicted molar refractivity (Wildman–Crippen MR) is 67.0 cm³/mol. The molecule has 0 fully saturated rings. The Hall–Kier alpha value is -1.27. The molecule has 0 radical (unpaired) electrons. The average molecular weight is 219 g/mol. The number of hydrogen-bond donors (Lipinski definition) is 1. The molecule has 0 saturated heterocycles. The zero-order chi connectivity index (χ0) is 12.2. The van der Waals surface area contributed by atoms with Crippen LogP contribution in [0.1, 0.15) is 45.9 Å². The Morgan fingerprint density at radius 1 is 1.56 bits per heavy atom. The fourth-order valence-electron chi connectivity index (χ4n) is 1.49. The van der Waals surface area contributed by atoms with Gasteiger partial charge in [-0.15, -0.1) is 12.3 Å². The van der Waals surface area contributed by atoms with Gasteiger partial charge in [0.1, 0.15) is 0 Å². The van der Waals surface area contributed by atoms with Gasteiger partial charge in [0.2, 0.25) is 0 Å². The zero-order valence-electron chi connectivity index (χ0n) is 10.6. The van der Waals surface area contributed by atoms with Crippen molar-refractivity contribution < 1.29 is 0 Å². The van der Waals surface area contributed by atoms with Crippen molar-refractivity contribution in [3.63, 3.8) is 0 Å². The van der Waals surface area contributed by atoms with E-state index in [9.17, 15) is 0 Å². The molecule has 1 aromatic heterocycles. The van der Waals surface area contributed by atoms with Crippen LogP contribution < -0.4 is 5.32 Å². The first kappa shape index (κ1) is 12.8. The summed E-state index contributed by atoms with van der Waals surface area (Å²) in [5, 5.41) is 3.45. The summed E-state index contributed by atoms with van der Waals surface area (Å²) < 4.78 is 2.14. The highest BCUT2D eigenvalue weighted by atomic mass is 15.1. The van der Waals surface area contributed by atoms with Crippen LogP contribution in [0.4, 0.5) is 0 Å². The SMILES string of the molecule is C#CCC(C)n1cncc1CNC(C)(C)C. The maximum absolute atomic E-state index is 5.33. The molecule has 0 spiro atoms. The van der Waals surface area contributed by atoms with E-state index in [2.05, 4.69) is 48.5 Å². The van der Waals surface area contributed by atoms with Gasteiger partial charge in [-0.05, 0) is 27.7 Å². The van der Waals surface area contributed by atoms with E-state index in [0.717, 1.165) is 13.0 Å². The first-order valence-corrected chi connectivity index (χ1v) is 5.63. The molecular formula is C13H21N3. The van der Waals surface area contributed by atoms with Crippen molar-refractivity contribution in [1.82, 2.24) is 14.9 Å². The minimum atomic E-state index is 0.116. The van der Waals surface area contributed by atoms with E-state index in [-0.39, 0.29) is 5.54 Å². The number of hydrogen-bond acceptors (Lipinski definition) is 2. The van der Waals surface area contributed by atoms with Crippen molar-refractivity contribution >= 4 is 0 Å². The second kappa shape index (κ2) is 5.18. The molecule has 0 aromatic carbocycles. The molecular weight excluding hydrogens is 198 g/mol. The normalized spacial score (nSPS) is 13.4. The van der Waals surface area contributed by atoms with Crippen molar-refractivity contribution in [2.45, 2.75) is 52.2 Å². The fraction of sp³-hybridized carbons (Fsp3) is 0.615. The van der Waals surface area contributed by atoms with Gasteiger partial charge in [-0.25, -0.2) is 4.98 Å². The van der Waals surface area contributed by atoms with Crippen molar-refractivity contribution in [2.75, 3.05) is 0 Å². The van der Waals surface area contributed by atoms with Crippen molar-refractivity contribution in [3.05, 3.63) is 18.2 Å². The average Bonchev–Trinajstić information content (AvgIpc) is 2.61. The van der Waals surface area contributed by atoms with Crippen LogP contribution in [0.5, 0.6) is 0 Å². The minimum absolute atomic E-state index is 0.116. The van der Waals surface area contributed by atoms with Gasteiger partial charge in [-0.3, -0.25) is 0 Å². The van der Waals surface area contributed by atoms with Crippen LogP contribution in [0.2, 0.25) is 0 Å². The van der Waals surface area contributed by atoms with Gasteiger partial charge in [0, 0.05) is 30.7 Å².